The number of carbonyl (C=O) groups excluding carboxylic acids is 1. The third kappa shape index (κ3) is 6.57. The molecule has 0 saturated carbocycles. The number of carbonyl (C=O) groups is 1. The lowest BCUT2D eigenvalue weighted by Gasteiger charge is -2.26. The third-order valence-electron chi connectivity index (χ3n) is 5.15. The molecule has 194 valence electrons. The summed E-state index contributed by atoms with van der Waals surface area (Å²) >= 11 is 6.14. The number of hydrogen-bond donors (Lipinski definition) is 1. The van der Waals surface area contributed by atoms with Crippen molar-refractivity contribution in [1.29, 1.82) is 0 Å². The largest absolute Gasteiger partial charge is 0.495 e. The van der Waals surface area contributed by atoms with Crippen LogP contribution < -0.4 is 19.1 Å². The van der Waals surface area contributed by atoms with Gasteiger partial charge in [-0.1, -0.05) is 36.4 Å². The molecule has 1 N–H and O–H groups in total. The van der Waals surface area contributed by atoms with Crippen LogP contribution in [-0.2, 0) is 14.8 Å². The van der Waals surface area contributed by atoms with E-state index in [0.717, 1.165) is 10.4 Å². The van der Waals surface area contributed by atoms with Crippen LogP contribution >= 0.6 is 11.6 Å². The van der Waals surface area contributed by atoms with Crippen LogP contribution in [0.15, 0.2) is 78.2 Å². The number of aryl methyl sites for hydroxylation is 1. The molecule has 37 heavy (non-hydrogen) atoms. The number of nitrogens with zero attached hydrogens (tertiary/aromatic N) is 2. The fourth-order valence-electron chi connectivity index (χ4n) is 3.38. The van der Waals surface area contributed by atoms with Crippen LogP contribution in [0.25, 0.3) is 0 Å². The second-order valence-electron chi connectivity index (χ2n) is 7.71. The molecule has 0 atom stereocenters. The molecule has 3 aromatic carbocycles. The zero-order valence-corrected chi connectivity index (χ0v) is 21.6. The van der Waals surface area contributed by atoms with Gasteiger partial charge < -0.3 is 14.8 Å². The minimum Gasteiger partial charge on any atom is -0.495 e. The van der Waals surface area contributed by atoms with Crippen LogP contribution in [0.4, 0.5) is 17.1 Å². The smallest absolute Gasteiger partial charge is 0.273 e. The summed E-state index contributed by atoms with van der Waals surface area (Å²) in [5.74, 6) is -0.0825. The number of nitrogens with one attached hydrogen (secondary N) is 1. The summed E-state index contributed by atoms with van der Waals surface area (Å²) < 4.78 is 39.1. The monoisotopic (exact) mass is 545 g/mol. The molecule has 3 rings (SSSR count). The maximum absolute atomic E-state index is 13.8. The van der Waals surface area contributed by atoms with Crippen molar-refractivity contribution in [1.82, 2.24) is 0 Å². The molecule has 0 spiro atoms. The molecule has 0 fully saturated rings. The van der Waals surface area contributed by atoms with Gasteiger partial charge in [0.2, 0.25) is 5.91 Å². The van der Waals surface area contributed by atoms with Crippen LogP contribution in [0.2, 0.25) is 5.02 Å². The van der Waals surface area contributed by atoms with E-state index >= 15 is 0 Å². The van der Waals surface area contributed by atoms with E-state index in [1.165, 1.54) is 44.4 Å². The highest BCUT2D eigenvalue weighted by Crippen LogP contribution is 2.36. The summed E-state index contributed by atoms with van der Waals surface area (Å²) in [4.78, 5) is 23.4. The van der Waals surface area contributed by atoms with E-state index in [1.807, 2.05) is 0 Å². The number of amides is 1. The van der Waals surface area contributed by atoms with Crippen molar-refractivity contribution in [3.05, 3.63) is 94.0 Å². The van der Waals surface area contributed by atoms with E-state index in [-0.39, 0.29) is 39.2 Å². The Morgan fingerprint density at radius 2 is 1.95 bits per heavy atom. The number of hydrogen-bond acceptors (Lipinski definition) is 7. The fraction of sp³-hybridized carbons (Fsp3) is 0.160. The normalized spacial score (nSPS) is 10.9. The van der Waals surface area contributed by atoms with E-state index < -0.39 is 27.4 Å². The van der Waals surface area contributed by atoms with Gasteiger partial charge in [0, 0.05) is 28.4 Å². The highest BCUT2D eigenvalue weighted by molar-refractivity contribution is 7.92. The van der Waals surface area contributed by atoms with Gasteiger partial charge in [0.25, 0.3) is 15.7 Å². The Kier molecular flexibility index (Phi) is 8.74. The van der Waals surface area contributed by atoms with Crippen molar-refractivity contribution in [2.45, 2.75) is 11.8 Å². The Bertz CT molecular complexity index is 1440. The lowest BCUT2D eigenvalue weighted by Crippen LogP contribution is -2.38. The number of rotatable bonds is 11. The second kappa shape index (κ2) is 11.8. The first-order chi connectivity index (χ1) is 17.6. The van der Waals surface area contributed by atoms with Gasteiger partial charge in [-0.05, 0) is 43.3 Å². The van der Waals surface area contributed by atoms with Gasteiger partial charge in [-0.15, -0.1) is 0 Å². The molecule has 0 aromatic heterocycles. The number of nitro benzene ring substituents is 1. The Hall–Kier alpha value is -4.09. The average molecular weight is 546 g/mol. The van der Waals surface area contributed by atoms with Crippen LogP contribution in [0.3, 0.4) is 0 Å². The maximum Gasteiger partial charge on any atom is 0.273 e. The number of nitro groups is 1. The summed E-state index contributed by atoms with van der Waals surface area (Å²) in [5.41, 5.74) is 0.261. The van der Waals surface area contributed by atoms with Crippen molar-refractivity contribution < 1.29 is 27.6 Å². The van der Waals surface area contributed by atoms with Gasteiger partial charge >= 0.3 is 0 Å². The minimum atomic E-state index is -4.49. The number of sulfonamides is 1. The van der Waals surface area contributed by atoms with E-state index in [9.17, 15) is 23.3 Å². The first kappa shape index (κ1) is 27.5. The molecule has 0 saturated heterocycles. The fourth-order valence-corrected chi connectivity index (χ4v) is 4.99. The van der Waals surface area contributed by atoms with E-state index in [2.05, 4.69) is 11.9 Å². The van der Waals surface area contributed by atoms with Gasteiger partial charge in [-0.2, -0.15) is 0 Å². The number of benzene rings is 3. The van der Waals surface area contributed by atoms with Gasteiger partial charge in [0.1, 0.15) is 24.7 Å². The Morgan fingerprint density at radius 3 is 2.62 bits per heavy atom. The Labute approximate surface area is 219 Å². The predicted octanol–water partition coefficient (Wildman–Crippen LogP) is 4.96. The van der Waals surface area contributed by atoms with Gasteiger partial charge in [0.15, 0.2) is 0 Å². The van der Waals surface area contributed by atoms with Crippen LogP contribution in [0.1, 0.15) is 5.56 Å². The third-order valence-corrected chi connectivity index (χ3v) is 7.14. The number of ether oxygens (including phenoxy) is 2. The molecule has 0 aliphatic heterocycles. The SMILES string of the molecule is C=CCOc1cccc(NC(=O)CN(c2cc(Cl)ccc2OC)S(=O)(=O)c2ccc(C)c([N+](=O)[O-])c2)c1. The molecule has 0 heterocycles. The molecule has 3 aromatic rings. The highest BCUT2D eigenvalue weighted by atomic mass is 35.5. The molecule has 1 amide bonds. The quantitative estimate of drug-likeness (QED) is 0.205. The zero-order valence-electron chi connectivity index (χ0n) is 20.0. The summed E-state index contributed by atoms with van der Waals surface area (Å²) in [6, 6.07) is 14.3. The van der Waals surface area contributed by atoms with Crippen LogP contribution in [-0.4, -0.2) is 39.5 Å². The number of anilines is 2. The van der Waals surface area contributed by atoms with Crippen molar-refractivity contribution in [3.63, 3.8) is 0 Å². The molecule has 0 unspecified atom stereocenters. The summed E-state index contributed by atoms with van der Waals surface area (Å²) in [7, 11) is -3.15. The van der Waals surface area contributed by atoms with Crippen LogP contribution in [0.5, 0.6) is 11.5 Å². The summed E-state index contributed by atoms with van der Waals surface area (Å²) in [5, 5.41) is 14.3. The molecule has 0 aliphatic rings. The van der Waals surface area contributed by atoms with Gasteiger partial charge in [0.05, 0.1) is 22.6 Å². The topological polar surface area (TPSA) is 128 Å². The molecular formula is C25H24ClN3O7S. The minimum absolute atomic E-state index is 0.0172. The van der Waals surface area contributed by atoms with Gasteiger partial charge in [-0.3, -0.25) is 19.2 Å². The van der Waals surface area contributed by atoms with Gasteiger partial charge in [-0.25, -0.2) is 8.42 Å². The van der Waals surface area contributed by atoms with Crippen LogP contribution in [0, 0.1) is 17.0 Å². The Morgan fingerprint density at radius 1 is 1.19 bits per heavy atom. The zero-order chi connectivity index (χ0) is 27.2. The standard InChI is InChI=1S/C25H24ClN3O7S/c1-4-12-36-20-7-5-6-19(14-20)27-25(30)16-28(23-13-18(26)9-11-24(23)35-3)37(33,34)21-10-8-17(2)22(15-21)29(31)32/h4-11,13-15H,1,12,16H2,2-3H3,(H,27,30). The predicted molar refractivity (Wildman–Crippen MR) is 141 cm³/mol. The molecule has 10 nitrogen and oxygen atoms in total. The summed E-state index contributed by atoms with van der Waals surface area (Å²) in [6.45, 7) is 4.66. The number of halogens is 1. The van der Waals surface area contributed by atoms with Crippen molar-refractivity contribution >= 4 is 44.6 Å². The highest BCUT2D eigenvalue weighted by Gasteiger charge is 2.31. The lowest BCUT2D eigenvalue weighted by molar-refractivity contribution is -0.385. The lowest BCUT2D eigenvalue weighted by atomic mass is 10.2. The Balaban J connectivity index is 2.03. The van der Waals surface area contributed by atoms with Crippen molar-refractivity contribution in [2.75, 3.05) is 29.9 Å². The van der Waals surface area contributed by atoms with Crippen molar-refractivity contribution in [2.24, 2.45) is 0 Å². The molecule has 0 aliphatic carbocycles. The van der Waals surface area contributed by atoms with E-state index in [4.69, 9.17) is 21.1 Å². The number of methoxy groups -OCH3 is 1. The first-order valence-corrected chi connectivity index (χ1v) is 12.6. The average Bonchev–Trinajstić information content (AvgIpc) is 2.86. The molecule has 0 radical (unpaired) electrons. The van der Waals surface area contributed by atoms with E-state index in [1.54, 1.807) is 30.3 Å². The summed E-state index contributed by atoms with van der Waals surface area (Å²) in [6.07, 6.45) is 1.57. The molecule has 12 heteroatoms. The van der Waals surface area contributed by atoms with E-state index in [0.29, 0.717) is 11.4 Å². The first-order valence-electron chi connectivity index (χ1n) is 10.8. The maximum atomic E-state index is 13.8. The molecular weight excluding hydrogens is 522 g/mol. The molecule has 0 bridgehead atoms. The second-order valence-corrected chi connectivity index (χ2v) is 10.0. The van der Waals surface area contributed by atoms with Crippen molar-refractivity contribution in [3.8, 4) is 11.5 Å².